The lowest BCUT2D eigenvalue weighted by Crippen LogP contribution is -2.34. The summed E-state index contributed by atoms with van der Waals surface area (Å²) in [7, 11) is 0. The first kappa shape index (κ1) is 91.0. The standard InChI is InChI=1S/C92H126N2O6S11/c1-9-17-23-29-35-41-47-65-55-71(61-79-89(97)93(91(101)110-79)63-81(95)99-15-7)103-85(65)75-59-69(51-45-39-33-27-21-13-5)87(108-75)77-57-67(49-43-37-31-25-19-11-3)83(106-77)73-53-54-74(105-73)84-68(50-44-38-32-26-20-12-4)58-78(107-84)88-70(52-46-40-34-28-22-14-6)60-76(109-88)86-66(48-42-36-30-24-18-10-2)56-72(104-86)62-80-90(98)94(92(102)111-80)64-82(96)100-16-8/h53-62H,9-52,63-64H2,1-8H3. The molecule has 0 aliphatic carbocycles. The van der Waals surface area contributed by atoms with Crippen LogP contribution in [0.15, 0.2) is 58.3 Å². The molecule has 0 aromatic carbocycles. The molecule has 8 nitrogen and oxygen atoms in total. The van der Waals surface area contributed by atoms with E-state index in [9.17, 15) is 19.2 Å². The van der Waals surface area contributed by atoms with Crippen LogP contribution in [0.2, 0.25) is 0 Å². The Morgan fingerprint density at radius 1 is 0.315 bits per heavy atom. The number of thiophene rings is 7. The average Bonchev–Trinajstić information content (AvgIpc) is 1.62. The van der Waals surface area contributed by atoms with E-state index in [-0.39, 0.29) is 38.1 Å². The van der Waals surface area contributed by atoms with Crippen molar-refractivity contribution < 1.29 is 28.7 Å². The van der Waals surface area contributed by atoms with Gasteiger partial charge in [0.2, 0.25) is 0 Å². The van der Waals surface area contributed by atoms with Crippen molar-refractivity contribution in [1.82, 2.24) is 9.80 Å². The van der Waals surface area contributed by atoms with Crippen LogP contribution >= 0.6 is 127 Å². The summed E-state index contributed by atoms with van der Waals surface area (Å²) in [5, 5.41) is 0. The van der Waals surface area contributed by atoms with E-state index in [0.717, 1.165) is 61.1 Å². The van der Waals surface area contributed by atoms with Crippen molar-refractivity contribution in [3.8, 4) is 58.5 Å². The Morgan fingerprint density at radius 3 is 0.811 bits per heavy atom. The zero-order valence-electron chi connectivity index (χ0n) is 68.1. The highest BCUT2D eigenvalue weighted by Gasteiger charge is 2.36. The summed E-state index contributed by atoms with van der Waals surface area (Å²) < 4.78 is 11.3. The third-order valence-electron chi connectivity index (χ3n) is 21.1. The lowest BCUT2D eigenvalue weighted by Gasteiger charge is -2.12. The Labute approximate surface area is 715 Å². The Morgan fingerprint density at radius 2 is 0.550 bits per heavy atom. The zero-order chi connectivity index (χ0) is 78.7. The van der Waals surface area contributed by atoms with Gasteiger partial charge in [-0.1, -0.05) is 282 Å². The third-order valence-corrected chi connectivity index (χ3v) is 33.0. The Bertz CT molecular complexity index is 3870. The van der Waals surface area contributed by atoms with Crippen molar-refractivity contribution in [3.63, 3.8) is 0 Å². The van der Waals surface area contributed by atoms with Gasteiger partial charge >= 0.3 is 11.9 Å². The molecular weight excluding hydrogens is 1580 g/mol. The highest BCUT2D eigenvalue weighted by molar-refractivity contribution is 8.27. The lowest BCUT2D eigenvalue weighted by molar-refractivity contribution is -0.146. The van der Waals surface area contributed by atoms with E-state index in [1.165, 1.54) is 344 Å². The van der Waals surface area contributed by atoms with Crippen LogP contribution in [-0.2, 0) is 67.2 Å². The lowest BCUT2D eigenvalue weighted by atomic mass is 10.0. The second kappa shape index (κ2) is 50.0. The number of ether oxygens (including phenoxy) is 2. The summed E-state index contributed by atoms with van der Waals surface area (Å²) in [6.07, 6.45) is 55.1. The Hall–Kier alpha value is -3.86. The van der Waals surface area contributed by atoms with Gasteiger partial charge in [0.1, 0.15) is 21.7 Å². The highest BCUT2D eigenvalue weighted by Crippen LogP contribution is 2.53. The second-order valence-corrected chi connectivity index (χ2v) is 41.1. The highest BCUT2D eigenvalue weighted by atomic mass is 32.2. The molecule has 19 heteroatoms. The van der Waals surface area contributed by atoms with Crippen LogP contribution in [0, 0.1) is 0 Å². The first-order chi connectivity index (χ1) is 54.2. The van der Waals surface area contributed by atoms with Crippen molar-refractivity contribution in [3.05, 3.63) is 101 Å². The minimum atomic E-state index is -0.450. The van der Waals surface area contributed by atoms with Gasteiger partial charge in [0.25, 0.3) is 11.8 Å². The number of carbonyl (C=O) groups is 4. The van der Waals surface area contributed by atoms with Gasteiger partial charge < -0.3 is 9.47 Å². The van der Waals surface area contributed by atoms with E-state index in [1.54, 1.807) is 36.5 Å². The quantitative estimate of drug-likeness (QED) is 0.0159. The van der Waals surface area contributed by atoms with Gasteiger partial charge in [-0.25, -0.2) is 0 Å². The SMILES string of the molecule is CCCCCCCCc1cc(C=C2SC(=S)N(CC(=O)OCC)C2=O)sc1-c1cc(CCCCCCCC)c(-c2cc(CCCCCCCC)c(-c3ccc(-c4sc(-c5sc(-c6sc(C=C7SC(=S)N(CC(=O)OCC)C7=O)cc6CCCCCCCC)cc5CCCCCCCC)cc4CCCCCCCC)s3)s2)s1. The topological polar surface area (TPSA) is 93.2 Å². The van der Waals surface area contributed by atoms with Gasteiger partial charge in [0.15, 0.2) is 0 Å². The second-order valence-electron chi connectivity index (χ2n) is 30.3. The molecule has 9 heterocycles. The van der Waals surface area contributed by atoms with E-state index in [2.05, 4.69) is 90.1 Å². The molecule has 0 saturated carbocycles. The summed E-state index contributed by atoms with van der Waals surface area (Å²) in [4.78, 5) is 75.7. The van der Waals surface area contributed by atoms with Gasteiger partial charge in [0, 0.05) is 68.3 Å². The number of thiocarbonyl (C=S) groups is 2. The van der Waals surface area contributed by atoms with Gasteiger partial charge in [-0.2, -0.15) is 0 Å². The zero-order valence-corrected chi connectivity index (χ0v) is 77.1. The summed E-state index contributed by atoms with van der Waals surface area (Å²) in [6.45, 7) is 17.5. The third kappa shape index (κ3) is 27.9. The largest absolute Gasteiger partial charge is 0.465 e. The molecule has 2 aliphatic rings. The number of nitrogens with zero attached hydrogens (tertiary/aromatic N) is 2. The molecule has 111 heavy (non-hydrogen) atoms. The predicted octanol–water partition coefficient (Wildman–Crippen LogP) is 31.1. The summed E-state index contributed by atoms with van der Waals surface area (Å²) >= 11 is 27.7. The summed E-state index contributed by atoms with van der Waals surface area (Å²) in [6, 6.07) is 20.0. The summed E-state index contributed by atoms with van der Waals surface area (Å²) in [5.74, 6) is -1.36. The van der Waals surface area contributed by atoms with Crippen LogP contribution < -0.4 is 0 Å². The van der Waals surface area contributed by atoms with Crippen molar-refractivity contribution >= 4 is 172 Å². The first-order valence-electron chi connectivity index (χ1n) is 42.9. The van der Waals surface area contributed by atoms with Gasteiger partial charge in [0.05, 0.1) is 23.0 Å². The molecule has 0 spiro atoms. The van der Waals surface area contributed by atoms with Crippen LogP contribution in [0.4, 0.5) is 0 Å². The van der Waals surface area contributed by atoms with Crippen LogP contribution in [0.3, 0.4) is 0 Å². The molecule has 7 aromatic rings. The van der Waals surface area contributed by atoms with Crippen molar-refractivity contribution in [2.75, 3.05) is 26.3 Å². The van der Waals surface area contributed by atoms with Gasteiger partial charge in [-0.05, 0) is 185 Å². The molecule has 9 rings (SSSR count). The summed E-state index contributed by atoms with van der Waals surface area (Å²) in [5.41, 5.74) is 8.62. The van der Waals surface area contributed by atoms with Crippen LogP contribution in [-0.4, -0.2) is 68.5 Å². The number of carbonyl (C=O) groups excluding carboxylic acids is 4. The van der Waals surface area contributed by atoms with Crippen LogP contribution in [0.25, 0.3) is 70.7 Å². The average molecular weight is 1710 g/mol. The molecule has 2 fully saturated rings. The molecule has 0 N–H and O–H groups in total. The monoisotopic (exact) mass is 1710 g/mol. The Kier molecular flexibility index (Phi) is 41.0. The smallest absolute Gasteiger partial charge is 0.326 e. The number of unbranched alkanes of at least 4 members (excludes halogenated alkanes) is 30. The molecule has 2 amide bonds. The molecular formula is C92H126N2O6S11. The molecule has 0 bridgehead atoms. The molecule has 606 valence electrons. The molecule has 0 atom stereocenters. The number of amides is 2. The van der Waals surface area contributed by atoms with Crippen molar-refractivity contribution in [1.29, 1.82) is 0 Å². The van der Waals surface area contributed by atoms with E-state index in [1.807, 2.05) is 68.8 Å². The normalized spacial score (nSPS) is 14.1. The number of aryl methyl sites for hydroxylation is 6. The fourth-order valence-electron chi connectivity index (χ4n) is 14.9. The molecule has 2 saturated heterocycles. The van der Waals surface area contributed by atoms with Gasteiger partial charge in [-0.15, -0.1) is 79.4 Å². The van der Waals surface area contributed by atoms with E-state index >= 15 is 0 Å². The maximum Gasteiger partial charge on any atom is 0.326 e. The van der Waals surface area contributed by atoms with Gasteiger partial charge in [-0.3, -0.25) is 29.0 Å². The van der Waals surface area contributed by atoms with Crippen molar-refractivity contribution in [2.24, 2.45) is 0 Å². The minimum absolute atomic E-state index is 0.174. The first-order valence-corrected chi connectivity index (χ1v) is 51.1. The number of thioether (sulfide) groups is 2. The molecule has 2 aliphatic heterocycles. The molecule has 0 unspecified atom stereocenters. The fourth-order valence-corrected chi connectivity index (χ4v) is 26.6. The minimum Gasteiger partial charge on any atom is -0.465 e. The molecule has 0 radical (unpaired) electrons. The number of hydrogen-bond acceptors (Lipinski definition) is 17. The van der Waals surface area contributed by atoms with E-state index in [0.29, 0.717) is 18.5 Å². The van der Waals surface area contributed by atoms with Crippen LogP contribution in [0.5, 0.6) is 0 Å². The van der Waals surface area contributed by atoms with E-state index in [4.69, 9.17) is 33.9 Å². The maximum atomic E-state index is 14.0. The molecule has 7 aromatic heterocycles. The van der Waals surface area contributed by atoms with E-state index < -0.39 is 11.9 Å². The maximum absolute atomic E-state index is 14.0. The van der Waals surface area contributed by atoms with Crippen molar-refractivity contribution in [2.45, 2.75) is 325 Å². The number of hydrogen-bond donors (Lipinski definition) is 0. The number of rotatable bonds is 56. The predicted molar refractivity (Wildman–Crippen MR) is 500 cm³/mol. The van der Waals surface area contributed by atoms with Crippen LogP contribution in [0.1, 0.15) is 330 Å². The Balaban J connectivity index is 1.12. The number of esters is 2. The fraction of sp³-hybridized carbons (Fsp3) is 0.587.